The van der Waals surface area contributed by atoms with Crippen molar-refractivity contribution in [3.05, 3.63) is 10.9 Å². The van der Waals surface area contributed by atoms with Gasteiger partial charge in [0.2, 0.25) is 5.95 Å². The molecule has 2 aromatic rings. The maximum Gasteiger partial charge on any atom is 0.223 e. The molecule has 0 unspecified atom stereocenters. The van der Waals surface area contributed by atoms with E-state index in [-0.39, 0.29) is 0 Å². The van der Waals surface area contributed by atoms with Crippen LogP contribution in [0.1, 0.15) is 56.7 Å². The smallest absolute Gasteiger partial charge is 0.223 e. The molecular weight excluding hydrogens is 280 g/mol. The summed E-state index contributed by atoms with van der Waals surface area (Å²) in [5.41, 5.74) is 5.88. The lowest BCUT2D eigenvalue weighted by atomic mass is 9.97. The summed E-state index contributed by atoms with van der Waals surface area (Å²) in [5, 5.41) is 4.78. The molecule has 3 N–H and O–H groups in total. The molecule has 4 nitrogen and oxygen atoms in total. The first-order chi connectivity index (χ1) is 10.3. The Kier molecular flexibility index (Phi) is 4.58. The molecule has 1 saturated carbocycles. The van der Waals surface area contributed by atoms with Gasteiger partial charge in [0.05, 0.1) is 5.39 Å². The van der Waals surface area contributed by atoms with Crippen molar-refractivity contribution < 1.29 is 0 Å². The number of thiophene rings is 1. The van der Waals surface area contributed by atoms with E-state index < -0.39 is 0 Å². The van der Waals surface area contributed by atoms with Crippen molar-refractivity contribution in [2.75, 3.05) is 11.1 Å². The molecule has 5 heteroatoms. The molecule has 114 valence electrons. The van der Waals surface area contributed by atoms with Crippen LogP contribution in [0.3, 0.4) is 0 Å². The largest absolute Gasteiger partial charge is 0.368 e. The molecule has 3 rings (SSSR count). The van der Waals surface area contributed by atoms with E-state index in [0.717, 1.165) is 22.5 Å². The number of nitrogens with zero attached hydrogens (tertiary/aromatic N) is 2. The van der Waals surface area contributed by atoms with Crippen LogP contribution in [0.25, 0.3) is 10.2 Å². The molecular formula is C16H24N4S. The van der Waals surface area contributed by atoms with Gasteiger partial charge in [-0.2, -0.15) is 4.98 Å². The second-order valence-electron chi connectivity index (χ2n) is 5.90. The van der Waals surface area contributed by atoms with Crippen LogP contribution in [0.5, 0.6) is 0 Å². The van der Waals surface area contributed by atoms with E-state index in [1.165, 1.54) is 49.8 Å². The van der Waals surface area contributed by atoms with E-state index >= 15 is 0 Å². The van der Waals surface area contributed by atoms with Crippen molar-refractivity contribution in [1.29, 1.82) is 0 Å². The second-order valence-corrected chi connectivity index (χ2v) is 7.02. The summed E-state index contributed by atoms with van der Waals surface area (Å²) in [6.07, 6.45) is 10.2. The standard InChI is InChI=1S/C16H24N4S/c1-2-12-10-13-14(19-16(17)20-15(13)21-12)18-11-8-6-4-3-5-7-9-11/h10-11H,2-9H2,1H3,(H3,17,18,19,20). The first-order valence-electron chi connectivity index (χ1n) is 8.08. The van der Waals surface area contributed by atoms with Crippen molar-refractivity contribution in [2.24, 2.45) is 0 Å². The fourth-order valence-corrected chi connectivity index (χ4v) is 4.04. The molecule has 1 aliphatic carbocycles. The number of aromatic nitrogens is 2. The lowest BCUT2D eigenvalue weighted by Crippen LogP contribution is -2.21. The van der Waals surface area contributed by atoms with Crippen molar-refractivity contribution in [2.45, 2.75) is 64.3 Å². The summed E-state index contributed by atoms with van der Waals surface area (Å²) < 4.78 is 0. The lowest BCUT2D eigenvalue weighted by Gasteiger charge is -2.22. The number of nitrogen functional groups attached to an aromatic ring is 1. The summed E-state index contributed by atoms with van der Waals surface area (Å²) in [4.78, 5) is 11.2. The van der Waals surface area contributed by atoms with Gasteiger partial charge in [-0.3, -0.25) is 0 Å². The molecule has 0 amide bonds. The summed E-state index contributed by atoms with van der Waals surface area (Å²) >= 11 is 1.72. The Morgan fingerprint density at radius 2 is 1.90 bits per heavy atom. The highest BCUT2D eigenvalue weighted by molar-refractivity contribution is 7.18. The maximum atomic E-state index is 5.88. The van der Waals surface area contributed by atoms with Crippen LogP contribution in [0.2, 0.25) is 0 Å². The van der Waals surface area contributed by atoms with E-state index in [0.29, 0.717) is 12.0 Å². The average molecular weight is 304 g/mol. The average Bonchev–Trinajstić information content (AvgIpc) is 2.84. The summed E-state index contributed by atoms with van der Waals surface area (Å²) in [6, 6.07) is 2.73. The highest BCUT2D eigenvalue weighted by Gasteiger charge is 2.15. The minimum atomic E-state index is 0.375. The zero-order valence-corrected chi connectivity index (χ0v) is 13.5. The SMILES string of the molecule is CCc1cc2c(NC3CCCCCCC3)nc(N)nc2s1. The number of hydrogen-bond donors (Lipinski definition) is 2. The molecule has 21 heavy (non-hydrogen) atoms. The molecule has 0 aliphatic heterocycles. The highest BCUT2D eigenvalue weighted by atomic mass is 32.1. The van der Waals surface area contributed by atoms with Gasteiger partial charge in [-0.25, -0.2) is 4.98 Å². The summed E-state index contributed by atoms with van der Waals surface area (Å²) in [5.74, 6) is 1.30. The quantitative estimate of drug-likeness (QED) is 0.884. The van der Waals surface area contributed by atoms with Gasteiger partial charge in [0.1, 0.15) is 10.6 Å². The molecule has 0 spiro atoms. The number of aryl methyl sites for hydroxylation is 1. The number of nitrogens with one attached hydrogen (secondary N) is 1. The third-order valence-corrected chi connectivity index (χ3v) is 5.43. The molecule has 0 radical (unpaired) electrons. The Morgan fingerprint density at radius 3 is 2.62 bits per heavy atom. The highest BCUT2D eigenvalue weighted by Crippen LogP contribution is 2.31. The molecule has 0 bridgehead atoms. The third kappa shape index (κ3) is 3.46. The topological polar surface area (TPSA) is 63.8 Å². The van der Waals surface area contributed by atoms with Gasteiger partial charge >= 0.3 is 0 Å². The van der Waals surface area contributed by atoms with Gasteiger partial charge in [0.15, 0.2) is 0 Å². The number of fused-ring (bicyclic) bond motifs is 1. The number of nitrogens with two attached hydrogens (primary N) is 1. The van der Waals surface area contributed by atoms with Crippen molar-refractivity contribution in [1.82, 2.24) is 9.97 Å². The predicted octanol–water partition coefficient (Wildman–Crippen LogP) is 4.36. The van der Waals surface area contributed by atoms with Gasteiger partial charge in [-0.05, 0) is 25.3 Å². The first kappa shape index (κ1) is 14.6. The molecule has 0 saturated heterocycles. The Morgan fingerprint density at radius 1 is 1.19 bits per heavy atom. The van der Waals surface area contributed by atoms with E-state index in [4.69, 9.17) is 5.73 Å². The fraction of sp³-hybridized carbons (Fsp3) is 0.625. The van der Waals surface area contributed by atoms with E-state index in [2.05, 4.69) is 28.3 Å². The number of rotatable bonds is 3. The maximum absolute atomic E-state index is 5.88. The van der Waals surface area contributed by atoms with Crippen LogP contribution >= 0.6 is 11.3 Å². The van der Waals surface area contributed by atoms with E-state index in [1.54, 1.807) is 11.3 Å². The molecule has 0 atom stereocenters. The van der Waals surface area contributed by atoms with Crippen molar-refractivity contribution in [3.63, 3.8) is 0 Å². The van der Waals surface area contributed by atoms with E-state index in [1.807, 2.05) is 0 Å². The summed E-state index contributed by atoms with van der Waals surface area (Å²) in [6.45, 7) is 2.17. The predicted molar refractivity (Wildman–Crippen MR) is 90.9 cm³/mol. The molecule has 1 aliphatic rings. The number of anilines is 2. The zero-order chi connectivity index (χ0) is 14.7. The summed E-state index contributed by atoms with van der Waals surface area (Å²) in [7, 11) is 0. The van der Waals surface area contributed by atoms with Gasteiger partial charge in [0.25, 0.3) is 0 Å². The minimum absolute atomic E-state index is 0.375. The van der Waals surface area contributed by atoms with E-state index in [9.17, 15) is 0 Å². The fourth-order valence-electron chi connectivity index (χ4n) is 3.07. The lowest BCUT2D eigenvalue weighted by molar-refractivity contribution is 0.471. The zero-order valence-electron chi connectivity index (χ0n) is 12.7. The minimum Gasteiger partial charge on any atom is -0.368 e. The molecule has 2 heterocycles. The van der Waals surface area contributed by atoms with Crippen molar-refractivity contribution >= 4 is 33.3 Å². The first-order valence-corrected chi connectivity index (χ1v) is 8.90. The Bertz CT molecular complexity index is 600. The second kappa shape index (κ2) is 6.60. The normalized spacial score (nSPS) is 17.6. The number of hydrogen-bond acceptors (Lipinski definition) is 5. The van der Waals surface area contributed by atoms with Crippen LogP contribution in [0.15, 0.2) is 6.07 Å². The Balaban J connectivity index is 1.86. The third-order valence-electron chi connectivity index (χ3n) is 4.26. The van der Waals surface area contributed by atoms with Crippen LogP contribution in [-0.2, 0) is 6.42 Å². The van der Waals surface area contributed by atoms with Gasteiger partial charge in [-0.15, -0.1) is 11.3 Å². The molecule has 1 fully saturated rings. The molecule has 2 aromatic heterocycles. The van der Waals surface area contributed by atoms with Crippen LogP contribution in [0.4, 0.5) is 11.8 Å². The monoisotopic (exact) mass is 304 g/mol. The van der Waals surface area contributed by atoms with Crippen LogP contribution < -0.4 is 11.1 Å². The molecule has 0 aromatic carbocycles. The van der Waals surface area contributed by atoms with Gasteiger partial charge < -0.3 is 11.1 Å². The van der Waals surface area contributed by atoms with Crippen molar-refractivity contribution in [3.8, 4) is 0 Å². The van der Waals surface area contributed by atoms with Crippen LogP contribution in [0, 0.1) is 0 Å². The Labute approximate surface area is 130 Å². The van der Waals surface area contributed by atoms with Gasteiger partial charge in [0, 0.05) is 10.9 Å². The Hall–Kier alpha value is -1.36. The van der Waals surface area contributed by atoms with Crippen LogP contribution in [-0.4, -0.2) is 16.0 Å². The van der Waals surface area contributed by atoms with Gasteiger partial charge in [-0.1, -0.05) is 39.0 Å².